The number of ketones is 1. The number of rotatable bonds is 3. The highest BCUT2D eigenvalue weighted by Crippen LogP contribution is 2.13. The summed E-state index contributed by atoms with van der Waals surface area (Å²) in [5, 5.41) is 5.02. The molecule has 1 aromatic carbocycles. The van der Waals surface area contributed by atoms with Crippen molar-refractivity contribution in [2.45, 2.75) is 20.4 Å². The second-order valence-corrected chi connectivity index (χ2v) is 4.45. The summed E-state index contributed by atoms with van der Waals surface area (Å²) in [5.74, 6) is 0.0415. The molecule has 0 spiro atoms. The molecule has 0 amide bonds. The number of aryl methyl sites for hydroxylation is 1. The van der Waals surface area contributed by atoms with Gasteiger partial charge in [-0.25, -0.2) is 0 Å². The SMILES string of the molecule is CC(=O)c1cn(Cc2cccc(Cl)c2)nc1C. The van der Waals surface area contributed by atoms with Crippen molar-refractivity contribution in [1.82, 2.24) is 9.78 Å². The van der Waals surface area contributed by atoms with Crippen LogP contribution in [-0.2, 0) is 6.54 Å². The standard InChI is InChI=1S/C13H13ClN2O/c1-9-13(10(2)17)8-16(15-9)7-11-4-3-5-12(14)6-11/h3-6,8H,7H2,1-2H3. The fraction of sp³-hybridized carbons (Fsp3) is 0.231. The molecule has 0 aliphatic rings. The summed E-state index contributed by atoms with van der Waals surface area (Å²) in [5.41, 5.74) is 2.50. The molecule has 1 aromatic heterocycles. The average Bonchev–Trinajstić information content (AvgIpc) is 2.59. The number of Topliss-reactive ketones (excluding diaryl/α,β-unsaturated/α-hetero) is 1. The lowest BCUT2D eigenvalue weighted by Gasteiger charge is -2.01. The molecule has 88 valence electrons. The maximum absolute atomic E-state index is 11.3. The van der Waals surface area contributed by atoms with E-state index < -0.39 is 0 Å². The van der Waals surface area contributed by atoms with Crippen LogP contribution >= 0.6 is 11.6 Å². The molecule has 17 heavy (non-hydrogen) atoms. The summed E-state index contributed by atoms with van der Waals surface area (Å²) in [6.07, 6.45) is 1.78. The predicted molar refractivity (Wildman–Crippen MR) is 67.5 cm³/mol. The molecule has 0 aliphatic carbocycles. The van der Waals surface area contributed by atoms with Crippen molar-refractivity contribution < 1.29 is 4.79 Å². The normalized spacial score (nSPS) is 10.5. The van der Waals surface area contributed by atoms with E-state index in [1.807, 2.05) is 31.2 Å². The van der Waals surface area contributed by atoms with Crippen LogP contribution in [0.25, 0.3) is 0 Å². The van der Waals surface area contributed by atoms with Crippen LogP contribution in [-0.4, -0.2) is 15.6 Å². The fourth-order valence-corrected chi connectivity index (χ4v) is 1.98. The first kappa shape index (κ1) is 11.9. The van der Waals surface area contributed by atoms with Gasteiger partial charge in [0.05, 0.1) is 17.8 Å². The number of carbonyl (C=O) groups excluding carboxylic acids is 1. The van der Waals surface area contributed by atoms with Gasteiger partial charge in [0, 0.05) is 11.2 Å². The minimum Gasteiger partial charge on any atom is -0.294 e. The van der Waals surface area contributed by atoms with Crippen LogP contribution in [0.3, 0.4) is 0 Å². The van der Waals surface area contributed by atoms with Gasteiger partial charge in [-0.05, 0) is 31.5 Å². The Kier molecular flexibility index (Phi) is 3.29. The van der Waals surface area contributed by atoms with Crippen molar-refractivity contribution in [1.29, 1.82) is 0 Å². The number of carbonyl (C=O) groups is 1. The quantitative estimate of drug-likeness (QED) is 0.783. The molecule has 0 bridgehead atoms. The second-order valence-electron chi connectivity index (χ2n) is 4.01. The van der Waals surface area contributed by atoms with Gasteiger partial charge >= 0.3 is 0 Å². The van der Waals surface area contributed by atoms with Crippen LogP contribution in [0.4, 0.5) is 0 Å². The highest BCUT2D eigenvalue weighted by molar-refractivity contribution is 6.30. The van der Waals surface area contributed by atoms with Crippen molar-refractivity contribution >= 4 is 17.4 Å². The van der Waals surface area contributed by atoms with Crippen molar-refractivity contribution in [2.24, 2.45) is 0 Å². The van der Waals surface area contributed by atoms with Gasteiger partial charge in [-0.1, -0.05) is 23.7 Å². The highest BCUT2D eigenvalue weighted by atomic mass is 35.5. The Morgan fingerprint density at radius 3 is 2.82 bits per heavy atom. The molecule has 0 N–H and O–H groups in total. The molecule has 3 nitrogen and oxygen atoms in total. The Morgan fingerprint density at radius 1 is 1.47 bits per heavy atom. The van der Waals surface area contributed by atoms with Crippen molar-refractivity contribution in [3.8, 4) is 0 Å². The second kappa shape index (κ2) is 4.72. The third kappa shape index (κ3) is 2.74. The molecule has 4 heteroatoms. The van der Waals surface area contributed by atoms with Gasteiger partial charge in [0.15, 0.2) is 5.78 Å². The molecule has 0 fully saturated rings. The molecule has 0 atom stereocenters. The largest absolute Gasteiger partial charge is 0.294 e. The Bertz CT molecular complexity index is 560. The van der Waals surface area contributed by atoms with Crippen molar-refractivity contribution in [2.75, 3.05) is 0 Å². The highest BCUT2D eigenvalue weighted by Gasteiger charge is 2.09. The molecule has 2 rings (SSSR count). The van der Waals surface area contributed by atoms with E-state index in [1.54, 1.807) is 17.8 Å². The minimum absolute atomic E-state index is 0.0415. The van der Waals surface area contributed by atoms with Gasteiger partial charge in [-0.2, -0.15) is 5.10 Å². The van der Waals surface area contributed by atoms with E-state index >= 15 is 0 Å². The molecule has 2 aromatic rings. The number of benzene rings is 1. The zero-order chi connectivity index (χ0) is 12.4. The van der Waals surface area contributed by atoms with E-state index in [9.17, 15) is 4.79 Å². The average molecular weight is 249 g/mol. The zero-order valence-electron chi connectivity index (χ0n) is 9.77. The third-order valence-electron chi connectivity index (χ3n) is 2.56. The summed E-state index contributed by atoms with van der Waals surface area (Å²) in [6.45, 7) is 4.01. The lowest BCUT2D eigenvalue weighted by Crippen LogP contribution is -2.00. The molecule has 0 radical (unpaired) electrons. The van der Waals surface area contributed by atoms with Crippen molar-refractivity contribution in [3.63, 3.8) is 0 Å². The summed E-state index contributed by atoms with van der Waals surface area (Å²) in [4.78, 5) is 11.3. The van der Waals surface area contributed by atoms with Gasteiger partial charge in [0.25, 0.3) is 0 Å². The van der Waals surface area contributed by atoms with Crippen LogP contribution in [0.5, 0.6) is 0 Å². The van der Waals surface area contributed by atoms with E-state index in [-0.39, 0.29) is 5.78 Å². The predicted octanol–water partition coefficient (Wildman–Crippen LogP) is 3.10. The van der Waals surface area contributed by atoms with Gasteiger partial charge in [0.2, 0.25) is 0 Å². The summed E-state index contributed by atoms with van der Waals surface area (Å²) in [7, 11) is 0. The van der Waals surface area contributed by atoms with E-state index in [1.165, 1.54) is 0 Å². The summed E-state index contributed by atoms with van der Waals surface area (Å²) < 4.78 is 1.76. The molecular weight excluding hydrogens is 236 g/mol. The number of nitrogens with zero attached hydrogens (tertiary/aromatic N) is 2. The molecule has 0 aliphatic heterocycles. The Morgan fingerprint density at radius 2 is 2.24 bits per heavy atom. The maximum Gasteiger partial charge on any atom is 0.163 e. The lowest BCUT2D eigenvalue weighted by atomic mass is 10.2. The van der Waals surface area contributed by atoms with Crippen molar-refractivity contribution in [3.05, 3.63) is 52.3 Å². The number of halogens is 1. The Balaban J connectivity index is 2.25. The lowest BCUT2D eigenvalue weighted by molar-refractivity contribution is 0.101. The number of hydrogen-bond donors (Lipinski definition) is 0. The Labute approximate surface area is 105 Å². The number of hydrogen-bond acceptors (Lipinski definition) is 2. The summed E-state index contributed by atoms with van der Waals surface area (Å²) >= 11 is 5.91. The van der Waals surface area contributed by atoms with Gasteiger partial charge in [-0.15, -0.1) is 0 Å². The summed E-state index contributed by atoms with van der Waals surface area (Å²) in [6, 6.07) is 7.61. The molecule has 0 unspecified atom stereocenters. The van der Waals surface area contributed by atoms with Crippen LogP contribution < -0.4 is 0 Å². The van der Waals surface area contributed by atoms with Crippen LogP contribution in [0, 0.1) is 6.92 Å². The maximum atomic E-state index is 11.3. The van der Waals surface area contributed by atoms with Crippen LogP contribution in [0.1, 0.15) is 28.5 Å². The van der Waals surface area contributed by atoms with E-state index in [0.29, 0.717) is 17.1 Å². The minimum atomic E-state index is 0.0415. The molecule has 1 heterocycles. The van der Waals surface area contributed by atoms with Crippen LogP contribution in [0.2, 0.25) is 5.02 Å². The first-order valence-corrected chi connectivity index (χ1v) is 5.73. The van der Waals surface area contributed by atoms with Crippen LogP contribution in [0.15, 0.2) is 30.5 Å². The van der Waals surface area contributed by atoms with E-state index in [4.69, 9.17) is 11.6 Å². The monoisotopic (exact) mass is 248 g/mol. The molecular formula is C13H13ClN2O. The first-order chi connectivity index (χ1) is 8.06. The fourth-order valence-electron chi connectivity index (χ4n) is 1.77. The van der Waals surface area contributed by atoms with E-state index in [2.05, 4.69) is 5.10 Å². The first-order valence-electron chi connectivity index (χ1n) is 5.35. The zero-order valence-corrected chi connectivity index (χ0v) is 10.5. The Hall–Kier alpha value is -1.61. The van der Waals surface area contributed by atoms with Gasteiger partial charge in [0.1, 0.15) is 0 Å². The smallest absolute Gasteiger partial charge is 0.163 e. The molecule has 0 saturated heterocycles. The third-order valence-corrected chi connectivity index (χ3v) is 2.79. The molecule has 0 saturated carbocycles. The van der Waals surface area contributed by atoms with E-state index in [0.717, 1.165) is 11.3 Å². The van der Waals surface area contributed by atoms with Gasteiger partial charge < -0.3 is 0 Å². The van der Waals surface area contributed by atoms with Gasteiger partial charge in [-0.3, -0.25) is 9.48 Å². The number of aromatic nitrogens is 2. The topological polar surface area (TPSA) is 34.9 Å².